The van der Waals surface area contributed by atoms with Gasteiger partial charge in [0.15, 0.2) is 11.5 Å². The molecule has 2 heterocycles. The molecule has 0 unspecified atom stereocenters. The highest BCUT2D eigenvalue weighted by atomic mass is 16.7. The zero-order valence-corrected chi connectivity index (χ0v) is 10.6. The largest absolute Gasteiger partial charge is 0.496 e. The number of benzene rings is 1. The van der Waals surface area contributed by atoms with Crippen molar-refractivity contribution in [2.45, 2.75) is 19.0 Å². The second-order valence-electron chi connectivity index (χ2n) is 4.63. The minimum atomic E-state index is -0.772. The van der Waals surface area contributed by atoms with E-state index in [4.69, 9.17) is 19.3 Å². The fourth-order valence-corrected chi connectivity index (χ4v) is 2.41. The van der Waals surface area contributed by atoms with Crippen molar-refractivity contribution in [3.63, 3.8) is 0 Å². The van der Waals surface area contributed by atoms with Gasteiger partial charge < -0.3 is 19.3 Å². The number of carboxylic acids is 1. The van der Waals surface area contributed by atoms with Crippen LogP contribution >= 0.6 is 0 Å². The lowest BCUT2D eigenvalue weighted by Gasteiger charge is -2.38. The third-order valence-electron chi connectivity index (χ3n) is 3.56. The number of nitrogens with zero attached hydrogens (tertiary/aromatic N) is 1. The number of hydrogen-bond donors (Lipinski definition) is 1. The minimum Gasteiger partial charge on any atom is -0.496 e. The SMILES string of the molecule is COc1cc2c(cc1CN1CC[C@H]1C(=O)O)OCO2. The summed E-state index contributed by atoms with van der Waals surface area (Å²) in [4.78, 5) is 12.9. The summed E-state index contributed by atoms with van der Waals surface area (Å²) in [5.41, 5.74) is 0.915. The summed E-state index contributed by atoms with van der Waals surface area (Å²) in [6, 6.07) is 3.25. The van der Waals surface area contributed by atoms with Crippen LogP contribution in [-0.2, 0) is 11.3 Å². The van der Waals surface area contributed by atoms with E-state index in [9.17, 15) is 4.79 Å². The van der Waals surface area contributed by atoms with Crippen molar-refractivity contribution in [1.82, 2.24) is 4.90 Å². The van der Waals surface area contributed by atoms with Gasteiger partial charge in [-0.25, -0.2) is 0 Å². The van der Waals surface area contributed by atoms with Crippen LogP contribution < -0.4 is 14.2 Å². The lowest BCUT2D eigenvalue weighted by Crippen LogP contribution is -2.51. The number of fused-ring (bicyclic) bond motifs is 1. The highest BCUT2D eigenvalue weighted by Gasteiger charge is 2.34. The number of ether oxygens (including phenoxy) is 3. The summed E-state index contributed by atoms with van der Waals surface area (Å²) in [6.45, 7) is 1.54. The lowest BCUT2D eigenvalue weighted by atomic mass is 10.0. The van der Waals surface area contributed by atoms with E-state index in [2.05, 4.69) is 0 Å². The summed E-state index contributed by atoms with van der Waals surface area (Å²) in [5.74, 6) is 1.27. The van der Waals surface area contributed by atoms with E-state index < -0.39 is 12.0 Å². The molecule has 1 atom stereocenters. The molecule has 6 heteroatoms. The van der Waals surface area contributed by atoms with Crippen molar-refractivity contribution in [1.29, 1.82) is 0 Å². The molecule has 102 valence electrons. The molecule has 0 aliphatic carbocycles. The van der Waals surface area contributed by atoms with E-state index in [1.165, 1.54) is 0 Å². The van der Waals surface area contributed by atoms with Crippen LogP contribution in [0.15, 0.2) is 12.1 Å². The van der Waals surface area contributed by atoms with Gasteiger partial charge in [0.05, 0.1) is 7.11 Å². The number of carbonyl (C=O) groups is 1. The van der Waals surface area contributed by atoms with E-state index in [1.54, 1.807) is 13.2 Å². The van der Waals surface area contributed by atoms with Crippen LogP contribution in [0, 0.1) is 0 Å². The molecule has 0 amide bonds. The Bertz CT molecular complexity index is 516. The highest BCUT2D eigenvalue weighted by molar-refractivity contribution is 5.74. The molecule has 1 aromatic carbocycles. The fraction of sp³-hybridized carbons (Fsp3) is 0.462. The van der Waals surface area contributed by atoms with E-state index in [0.29, 0.717) is 30.2 Å². The van der Waals surface area contributed by atoms with Gasteiger partial charge in [0.25, 0.3) is 0 Å². The van der Waals surface area contributed by atoms with Gasteiger partial charge in [-0.15, -0.1) is 0 Å². The predicted octanol–water partition coefficient (Wildman–Crippen LogP) is 1.08. The Morgan fingerprint density at radius 2 is 2.21 bits per heavy atom. The Morgan fingerprint density at radius 1 is 1.47 bits per heavy atom. The van der Waals surface area contributed by atoms with Gasteiger partial charge in [0.1, 0.15) is 11.8 Å². The summed E-state index contributed by atoms with van der Waals surface area (Å²) in [7, 11) is 1.59. The number of likely N-dealkylation sites (tertiary alicyclic amines) is 1. The van der Waals surface area contributed by atoms with Crippen LogP contribution in [0.1, 0.15) is 12.0 Å². The smallest absolute Gasteiger partial charge is 0.320 e. The van der Waals surface area contributed by atoms with Gasteiger partial charge >= 0.3 is 5.97 Å². The van der Waals surface area contributed by atoms with Gasteiger partial charge in [0.2, 0.25) is 6.79 Å². The topological polar surface area (TPSA) is 68.2 Å². The average Bonchev–Trinajstić information content (AvgIpc) is 2.79. The predicted molar refractivity (Wildman–Crippen MR) is 65.6 cm³/mol. The number of rotatable bonds is 4. The summed E-state index contributed by atoms with van der Waals surface area (Å²) in [6.07, 6.45) is 0.697. The number of carboxylic acid groups (broad SMARTS) is 1. The Morgan fingerprint density at radius 3 is 2.79 bits per heavy atom. The molecule has 1 saturated heterocycles. The van der Waals surface area contributed by atoms with Crippen LogP contribution in [0.25, 0.3) is 0 Å². The van der Waals surface area contributed by atoms with Crippen molar-refractivity contribution in [2.24, 2.45) is 0 Å². The molecule has 0 aromatic heterocycles. The number of methoxy groups -OCH3 is 1. The Balaban J connectivity index is 1.82. The van der Waals surface area contributed by atoms with Gasteiger partial charge in [-0.2, -0.15) is 0 Å². The first-order chi connectivity index (χ1) is 9.19. The van der Waals surface area contributed by atoms with Crippen LogP contribution in [0.4, 0.5) is 0 Å². The summed E-state index contributed by atoms with van der Waals surface area (Å²) < 4.78 is 16.0. The molecule has 3 rings (SSSR count). The molecule has 1 aromatic rings. The van der Waals surface area contributed by atoms with Crippen molar-refractivity contribution in [3.05, 3.63) is 17.7 Å². The molecule has 19 heavy (non-hydrogen) atoms. The minimum absolute atomic E-state index is 0.212. The molecule has 1 N–H and O–H groups in total. The van der Waals surface area contributed by atoms with E-state index >= 15 is 0 Å². The van der Waals surface area contributed by atoms with E-state index in [1.807, 2.05) is 11.0 Å². The van der Waals surface area contributed by atoms with E-state index in [0.717, 1.165) is 12.1 Å². The molecule has 2 aliphatic heterocycles. The molecule has 6 nitrogen and oxygen atoms in total. The van der Waals surface area contributed by atoms with E-state index in [-0.39, 0.29) is 6.79 Å². The zero-order chi connectivity index (χ0) is 13.4. The maximum absolute atomic E-state index is 11.0. The van der Waals surface area contributed by atoms with Gasteiger partial charge in [-0.1, -0.05) is 0 Å². The monoisotopic (exact) mass is 265 g/mol. The molecule has 0 bridgehead atoms. The molecule has 0 spiro atoms. The maximum atomic E-state index is 11.0. The first kappa shape index (κ1) is 12.1. The number of aliphatic carboxylic acids is 1. The van der Waals surface area contributed by atoms with Gasteiger partial charge in [-0.05, 0) is 12.5 Å². The van der Waals surface area contributed by atoms with Crippen LogP contribution in [0.5, 0.6) is 17.2 Å². The van der Waals surface area contributed by atoms with Gasteiger partial charge in [0, 0.05) is 24.7 Å². The zero-order valence-electron chi connectivity index (χ0n) is 10.6. The first-order valence-electron chi connectivity index (χ1n) is 6.12. The van der Waals surface area contributed by atoms with Crippen LogP contribution in [-0.4, -0.2) is 42.5 Å². The third kappa shape index (κ3) is 2.08. The first-order valence-corrected chi connectivity index (χ1v) is 6.12. The maximum Gasteiger partial charge on any atom is 0.320 e. The number of hydrogen-bond acceptors (Lipinski definition) is 5. The van der Waals surface area contributed by atoms with Gasteiger partial charge in [-0.3, -0.25) is 9.69 Å². The normalized spacial score (nSPS) is 21.0. The highest BCUT2D eigenvalue weighted by Crippen LogP contribution is 2.39. The van der Waals surface area contributed by atoms with Crippen molar-refractivity contribution >= 4 is 5.97 Å². The molecule has 1 fully saturated rings. The third-order valence-corrected chi connectivity index (χ3v) is 3.56. The van der Waals surface area contributed by atoms with Crippen molar-refractivity contribution in [3.8, 4) is 17.2 Å². The molecule has 0 radical (unpaired) electrons. The fourth-order valence-electron chi connectivity index (χ4n) is 2.41. The molecule has 2 aliphatic rings. The van der Waals surface area contributed by atoms with Crippen LogP contribution in [0.3, 0.4) is 0 Å². The van der Waals surface area contributed by atoms with Crippen molar-refractivity contribution in [2.75, 3.05) is 20.4 Å². The second-order valence-corrected chi connectivity index (χ2v) is 4.63. The molecule has 0 saturated carbocycles. The Kier molecular flexibility index (Phi) is 2.94. The van der Waals surface area contributed by atoms with Crippen LogP contribution in [0.2, 0.25) is 0 Å². The summed E-state index contributed by atoms with van der Waals surface area (Å²) in [5, 5.41) is 9.05. The Hall–Kier alpha value is -1.95. The average molecular weight is 265 g/mol. The van der Waals surface area contributed by atoms with Crippen molar-refractivity contribution < 1.29 is 24.1 Å². The Labute approximate surface area is 110 Å². The standard InChI is InChI=1S/C13H15NO5/c1-17-10-5-12-11(18-7-19-12)4-8(10)6-14-3-2-9(14)13(15)16/h4-5,9H,2-3,6-7H2,1H3,(H,15,16)/t9-/m0/s1. The molecular weight excluding hydrogens is 250 g/mol. The second kappa shape index (κ2) is 4.62. The quantitative estimate of drug-likeness (QED) is 0.878. The summed E-state index contributed by atoms with van der Waals surface area (Å²) >= 11 is 0. The lowest BCUT2D eigenvalue weighted by molar-refractivity contribution is -0.148. The molecular formula is C13H15NO5.